The second-order valence-corrected chi connectivity index (χ2v) is 4.47. The van der Waals surface area contributed by atoms with Gasteiger partial charge in [0.2, 0.25) is 5.91 Å². The second kappa shape index (κ2) is 8.96. The van der Waals surface area contributed by atoms with E-state index < -0.39 is 0 Å². The van der Waals surface area contributed by atoms with Crippen molar-refractivity contribution in [1.82, 2.24) is 10.6 Å². The van der Waals surface area contributed by atoms with E-state index in [0.717, 1.165) is 19.3 Å². The van der Waals surface area contributed by atoms with Crippen LogP contribution in [-0.4, -0.2) is 32.0 Å². The molecule has 0 fully saturated rings. The fourth-order valence-corrected chi connectivity index (χ4v) is 1.69. The van der Waals surface area contributed by atoms with Crippen molar-refractivity contribution in [1.29, 1.82) is 0 Å². The molecule has 20 heavy (non-hydrogen) atoms. The molecular weight excluding hydrogens is 256 g/mol. The van der Waals surface area contributed by atoms with Gasteiger partial charge in [0.1, 0.15) is 5.75 Å². The molecule has 5 nitrogen and oxygen atoms in total. The molecule has 1 aromatic rings. The van der Waals surface area contributed by atoms with Gasteiger partial charge in [-0.2, -0.15) is 0 Å². The predicted octanol–water partition coefficient (Wildman–Crippen LogP) is 1.73. The van der Waals surface area contributed by atoms with Gasteiger partial charge >= 0.3 is 0 Å². The Morgan fingerprint density at radius 3 is 2.70 bits per heavy atom. The number of carbonyl (C=O) groups excluding carboxylic acids is 2. The van der Waals surface area contributed by atoms with Crippen LogP contribution in [0.25, 0.3) is 0 Å². The van der Waals surface area contributed by atoms with Crippen molar-refractivity contribution in [3.05, 3.63) is 29.8 Å². The molecule has 0 unspecified atom stereocenters. The molecule has 2 amide bonds. The standard InChI is InChI=1S/C15H22N2O3/c1-3-4-5-9-16-14(18)11-17-15(19)12-7-6-8-13(10-12)20-2/h6-8,10H,3-5,9,11H2,1-2H3,(H,16,18)(H,17,19). The summed E-state index contributed by atoms with van der Waals surface area (Å²) in [6.45, 7) is 2.75. The molecular formula is C15H22N2O3. The van der Waals surface area contributed by atoms with Crippen LogP contribution in [0.15, 0.2) is 24.3 Å². The fraction of sp³-hybridized carbons (Fsp3) is 0.467. The van der Waals surface area contributed by atoms with Gasteiger partial charge in [-0.15, -0.1) is 0 Å². The van der Waals surface area contributed by atoms with Gasteiger partial charge in [-0.3, -0.25) is 9.59 Å². The van der Waals surface area contributed by atoms with Gasteiger partial charge in [-0.25, -0.2) is 0 Å². The first-order valence-corrected chi connectivity index (χ1v) is 6.86. The minimum absolute atomic E-state index is 0.0117. The van der Waals surface area contributed by atoms with Gasteiger partial charge in [0.05, 0.1) is 13.7 Å². The number of hydrogen-bond acceptors (Lipinski definition) is 3. The lowest BCUT2D eigenvalue weighted by molar-refractivity contribution is -0.120. The van der Waals surface area contributed by atoms with Crippen LogP contribution in [0.3, 0.4) is 0 Å². The average molecular weight is 278 g/mol. The zero-order valence-electron chi connectivity index (χ0n) is 12.1. The maximum atomic E-state index is 11.8. The normalized spacial score (nSPS) is 9.90. The summed E-state index contributed by atoms with van der Waals surface area (Å²) < 4.78 is 5.05. The van der Waals surface area contributed by atoms with Gasteiger partial charge in [0.15, 0.2) is 0 Å². The van der Waals surface area contributed by atoms with Crippen molar-refractivity contribution >= 4 is 11.8 Å². The van der Waals surface area contributed by atoms with Crippen LogP contribution in [0.5, 0.6) is 5.75 Å². The number of methoxy groups -OCH3 is 1. The second-order valence-electron chi connectivity index (χ2n) is 4.47. The molecule has 0 saturated carbocycles. The van der Waals surface area contributed by atoms with Crippen LogP contribution in [0, 0.1) is 0 Å². The van der Waals surface area contributed by atoms with Crippen LogP contribution in [-0.2, 0) is 4.79 Å². The molecule has 2 N–H and O–H groups in total. The third-order valence-electron chi connectivity index (χ3n) is 2.84. The Balaban J connectivity index is 2.33. The Morgan fingerprint density at radius 2 is 2.00 bits per heavy atom. The fourth-order valence-electron chi connectivity index (χ4n) is 1.69. The number of rotatable bonds is 8. The first-order chi connectivity index (χ1) is 9.67. The summed E-state index contributed by atoms with van der Waals surface area (Å²) in [5.74, 6) is 0.159. The summed E-state index contributed by atoms with van der Waals surface area (Å²) in [5.41, 5.74) is 0.475. The largest absolute Gasteiger partial charge is 0.497 e. The van der Waals surface area contributed by atoms with E-state index in [0.29, 0.717) is 17.9 Å². The minimum Gasteiger partial charge on any atom is -0.497 e. The average Bonchev–Trinajstić information content (AvgIpc) is 2.49. The third kappa shape index (κ3) is 5.73. The molecule has 0 atom stereocenters. The van der Waals surface area contributed by atoms with Crippen molar-refractivity contribution < 1.29 is 14.3 Å². The summed E-state index contributed by atoms with van der Waals surface area (Å²) in [4.78, 5) is 23.4. The molecule has 0 saturated heterocycles. The summed E-state index contributed by atoms with van der Waals surface area (Å²) in [7, 11) is 1.54. The molecule has 1 aromatic carbocycles. The predicted molar refractivity (Wildman–Crippen MR) is 77.9 cm³/mol. The molecule has 0 bridgehead atoms. The highest BCUT2D eigenvalue weighted by molar-refractivity contribution is 5.96. The van der Waals surface area contributed by atoms with Crippen LogP contribution >= 0.6 is 0 Å². The highest BCUT2D eigenvalue weighted by Gasteiger charge is 2.08. The van der Waals surface area contributed by atoms with E-state index in [1.807, 2.05) is 0 Å². The Kier molecular flexibility index (Phi) is 7.17. The van der Waals surface area contributed by atoms with Gasteiger partial charge < -0.3 is 15.4 Å². The van der Waals surface area contributed by atoms with Crippen LogP contribution in [0.4, 0.5) is 0 Å². The van der Waals surface area contributed by atoms with Crippen molar-refractivity contribution in [2.24, 2.45) is 0 Å². The first-order valence-electron chi connectivity index (χ1n) is 6.86. The van der Waals surface area contributed by atoms with Crippen LogP contribution in [0.2, 0.25) is 0 Å². The van der Waals surface area contributed by atoms with E-state index in [2.05, 4.69) is 17.6 Å². The molecule has 0 heterocycles. The molecule has 0 aliphatic carbocycles. The Bertz CT molecular complexity index is 446. The van der Waals surface area contributed by atoms with Gasteiger partial charge in [0, 0.05) is 12.1 Å². The lowest BCUT2D eigenvalue weighted by Crippen LogP contribution is -2.37. The van der Waals surface area contributed by atoms with Gasteiger partial charge in [-0.05, 0) is 24.6 Å². The molecule has 110 valence electrons. The summed E-state index contributed by atoms with van der Waals surface area (Å²) in [5, 5.41) is 5.35. The van der Waals surface area contributed by atoms with Crippen LogP contribution in [0.1, 0.15) is 36.5 Å². The number of unbranched alkanes of at least 4 members (excludes halogenated alkanes) is 2. The van der Waals surface area contributed by atoms with Gasteiger partial charge in [0.25, 0.3) is 5.91 Å². The molecule has 0 spiro atoms. The SMILES string of the molecule is CCCCCNC(=O)CNC(=O)c1cccc(OC)c1. The molecule has 5 heteroatoms. The van der Waals surface area contributed by atoms with Crippen molar-refractivity contribution in [3.8, 4) is 5.75 Å². The topological polar surface area (TPSA) is 67.4 Å². The zero-order valence-corrected chi connectivity index (χ0v) is 12.1. The summed E-state index contributed by atoms with van der Waals surface area (Å²) in [6, 6.07) is 6.81. The number of amides is 2. The molecule has 0 radical (unpaired) electrons. The Morgan fingerprint density at radius 1 is 1.20 bits per heavy atom. The quantitative estimate of drug-likeness (QED) is 0.712. The number of benzene rings is 1. The highest BCUT2D eigenvalue weighted by Crippen LogP contribution is 2.12. The van der Waals surface area contributed by atoms with E-state index in [1.165, 1.54) is 0 Å². The lowest BCUT2D eigenvalue weighted by atomic mass is 10.2. The molecule has 1 rings (SSSR count). The Hall–Kier alpha value is -2.04. The van der Waals surface area contributed by atoms with E-state index in [9.17, 15) is 9.59 Å². The monoisotopic (exact) mass is 278 g/mol. The van der Waals surface area contributed by atoms with Crippen LogP contribution < -0.4 is 15.4 Å². The number of nitrogens with one attached hydrogen (secondary N) is 2. The lowest BCUT2D eigenvalue weighted by Gasteiger charge is -2.07. The van der Waals surface area contributed by atoms with Crippen molar-refractivity contribution in [2.45, 2.75) is 26.2 Å². The minimum atomic E-state index is -0.285. The summed E-state index contributed by atoms with van der Waals surface area (Å²) in [6.07, 6.45) is 3.17. The number of carbonyl (C=O) groups is 2. The molecule has 0 aliphatic rings. The Labute approximate surface area is 119 Å². The van der Waals surface area contributed by atoms with E-state index in [4.69, 9.17) is 4.74 Å². The van der Waals surface area contributed by atoms with E-state index in [-0.39, 0.29) is 18.4 Å². The number of ether oxygens (including phenoxy) is 1. The third-order valence-corrected chi connectivity index (χ3v) is 2.84. The highest BCUT2D eigenvalue weighted by atomic mass is 16.5. The summed E-state index contributed by atoms with van der Waals surface area (Å²) >= 11 is 0. The number of hydrogen-bond donors (Lipinski definition) is 2. The zero-order chi connectivity index (χ0) is 14.8. The van der Waals surface area contributed by atoms with Crippen molar-refractivity contribution in [3.63, 3.8) is 0 Å². The smallest absolute Gasteiger partial charge is 0.251 e. The van der Waals surface area contributed by atoms with E-state index in [1.54, 1.807) is 31.4 Å². The maximum absolute atomic E-state index is 11.8. The molecule has 0 aromatic heterocycles. The van der Waals surface area contributed by atoms with E-state index >= 15 is 0 Å². The molecule has 0 aliphatic heterocycles. The van der Waals surface area contributed by atoms with Crippen molar-refractivity contribution in [2.75, 3.05) is 20.2 Å². The first kappa shape index (κ1) is 16.0. The van der Waals surface area contributed by atoms with Gasteiger partial charge in [-0.1, -0.05) is 25.8 Å². The maximum Gasteiger partial charge on any atom is 0.251 e.